The second kappa shape index (κ2) is 6.54. The number of anilines is 2. The van der Waals surface area contributed by atoms with Crippen molar-refractivity contribution >= 4 is 40.5 Å². The van der Waals surface area contributed by atoms with Crippen molar-refractivity contribution in [3.63, 3.8) is 0 Å². The fourth-order valence-corrected chi connectivity index (χ4v) is 5.40. The van der Waals surface area contributed by atoms with Gasteiger partial charge in [0.2, 0.25) is 0 Å². The molecule has 0 fully saturated rings. The summed E-state index contributed by atoms with van der Waals surface area (Å²) in [6, 6.07) is 13.3. The van der Waals surface area contributed by atoms with Crippen molar-refractivity contribution in [2.45, 2.75) is 49.2 Å². The minimum absolute atomic E-state index is 0.133. The molecule has 25 heavy (non-hydrogen) atoms. The van der Waals surface area contributed by atoms with Crippen LogP contribution in [0.4, 0.5) is 11.4 Å². The van der Waals surface area contributed by atoms with Crippen LogP contribution in [0, 0.1) is 0 Å². The van der Waals surface area contributed by atoms with Gasteiger partial charge >= 0.3 is 0 Å². The first-order valence-corrected chi connectivity index (χ1v) is 9.58. The minimum Gasteiger partial charge on any atom is -0.508 e. The van der Waals surface area contributed by atoms with Gasteiger partial charge < -0.3 is 15.7 Å². The molecule has 1 aliphatic heterocycles. The summed E-state index contributed by atoms with van der Waals surface area (Å²) in [5, 5.41) is 16.3. The third-order valence-electron chi connectivity index (χ3n) is 4.35. The van der Waals surface area contributed by atoms with E-state index in [1.54, 1.807) is 24.3 Å². The highest BCUT2D eigenvalue weighted by molar-refractivity contribution is 8.00. The molecule has 0 aromatic heterocycles. The Morgan fingerprint density at radius 3 is 2.28 bits per heavy atom. The van der Waals surface area contributed by atoms with Gasteiger partial charge in [-0.25, -0.2) is 0 Å². The van der Waals surface area contributed by atoms with Gasteiger partial charge in [0, 0.05) is 21.0 Å². The Bertz CT molecular complexity index is 798. The van der Waals surface area contributed by atoms with E-state index in [4.69, 9.17) is 12.2 Å². The summed E-state index contributed by atoms with van der Waals surface area (Å²) in [5.74, 6) is 0.238. The quantitative estimate of drug-likeness (QED) is 0.462. The van der Waals surface area contributed by atoms with Crippen molar-refractivity contribution in [1.82, 2.24) is 0 Å². The Kier molecular flexibility index (Phi) is 4.73. The maximum absolute atomic E-state index is 9.35. The Morgan fingerprint density at radius 1 is 1.00 bits per heavy atom. The molecule has 0 bridgehead atoms. The predicted molar refractivity (Wildman–Crippen MR) is 112 cm³/mol. The molecular formula is C20H24N2OS2. The largest absolute Gasteiger partial charge is 0.508 e. The van der Waals surface area contributed by atoms with Crippen LogP contribution in [-0.4, -0.2) is 15.0 Å². The number of phenols is 1. The molecular weight excluding hydrogens is 348 g/mol. The number of thiocarbonyl (C=S) groups is 1. The monoisotopic (exact) mass is 372 g/mol. The lowest BCUT2D eigenvalue weighted by Crippen LogP contribution is -2.33. The van der Waals surface area contributed by atoms with Crippen molar-refractivity contribution in [2.75, 3.05) is 10.6 Å². The second-order valence-electron chi connectivity index (χ2n) is 7.76. The van der Waals surface area contributed by atoms with Crippen LogP contribution in [0.1, 0.15) is 39.7 Å². The SMILES string of the molecule is CC1(C)CC(C)(C)c2cc(NC(=S)Nc3ccc(O)cc3)ccc2S1. The molecule has 132 valence electrons. The number of phenolic OH excluding ortho intramolecular Hbond substituents is 1. The van der Waals surface area contributed by atoms with Gasteiger partial charge in [0.25, 0.3) is 0 Å². The van der Waals surface area contributed by atoms with Crippen LogP contribution in [0.2, 0.25) is 0 Å². The molecule has 3 rings (SSSR count). The fourth-order valence-electron chi connectivity index (χ4n) is 3.56. The lowest BCUT2D eigenvalue weighted by atomic mass is 9.77. The topological polar surface area (TPSA) is 44.3 Å². The fraction of sp³-hybridized carbons (Fsp3) is 0.350. The van der Waals surface area contributed by atoms with E-state index < -0.39 is 0 Å². The van der Waals surface area contributed by atoms with Crippen molar-refractivity contribution in [1.29, 1.82) is 0 Å². The van der Waals surface area contributed by atoms with Crippen LogP contribution < -0.4 is 10.6 Å². The number of thioether (sulfide) groups is 1. The van der Waals surface area contributed by atoms with E-state index in [-0.39, 0.29) is 15.9 Å². The highest BCUT2D eigenvalue weighted by atomic mass is 32.2. The lowest BCUT2D eigenvalue weighted by molar-refractivity contribution is 0.408. The van der Waals surface area contributed by atoms with Crippen LogP contribution in [0.3, 0.4) is 0 Å². The lowest BCUT2D eigenvalue weighted by Gasteiger charge is -2.41. The zero-order valence-corrected chi connectivity index (χ0v) is 16.6. The van der Waals surface area contributed by atoms with E-state index in [0.29, 0.717) is 5.11 Å². The Labute approximate surface area is 159 Å². The number of hydrogen-bond donors (Lipinski definition) is 3. The summed E-state index contributed by atoms with van der Waals surface area (Å²) >= 11 is 7.36. The van der Waals surface area contributed by atoms with E-state index >= 15 is 0 Å². The number of aromatic hydroxyl groups is 1. The number of rotatable bonds is 2. The van der Waals surface area contributed by atoms with Crippen molar-refractivity contribution < 1.29 is 5.11 Å². The van der Waals surface area contributed by atoms with Gasteiger partial charge in [0.1, 0.15) is 5.75 Å². The third kappa shape index (κ3) is 4.28. The van der Waals surface area contributed by atoms with Crippen molar-refractivity contribution in [2.24, 2.45) is 0 Å². The summed E-state index contributed by atoms with van der Waals surface area (Å²) in [6.45, 7) is 9.24. The molecule has 0 saturated carbocycles. The first-order chi connectivity index (χ1) is 11.6. The van der Waals surface area contributed by atoms with Crippen LogP contribution >= 0.6 is 24.0 Å². The summed E-state index contributed by atoms with van der Waals surface area (Å²) in [7, 11) is 0. The zero-order chi connectivity index (χ0) is 18.2. The maximum atomic E-state index is 9.35. The number of hydrogen-bond acceptors (Lipinski definition) is 3. The molecule has 3 nitrogen and oxygen atoms in total. The predicted octanol–water partition coefficient (Wildman–Crippen LogP) is 5.75. The highest BCUT2D eigenvalue weighted by Crippen LogP contribution is 2.51. The Hall–Kier alpha value is -1.72. The molecule has 0 radical (unpaired) electrons. The first kappa shape index (κ1) is 18.1. The average Bonchev–Trinajstić information content (AvgIpc) is 2.48. The van der Waals surface area contributed by atoms with E-state index in [2.05, 4.69) is 56.5 Å². The molecule has 2 aromatic carbocycles. The molecule has 0 aliphatic carbocycles. The zero-order valence-electron chi connectivity index (χ0n) is 15.0. The first-order valence-electron chi connectivity index (χ1n) is 8.35. The van der Waals surface area contributed by atoms with Gasteiger partial charge in [-0.15, -0.1) is 11.8 Å². The molecule has 0 spiro atoms. The third-order valence-corrected chi connectivity index (χ3v) is 5.82. The standard InChI is InChI=1S/C20H24N2OS2/c1-19(2)12-20(3,4)25-17-10-7-14(11-16(17)19)22-18(24)21-13-5-8-15(23)9-6-13/h5-11,23H,12H2,1-4H3,(H2,21,22,24). The molecule has 0 amide bonds. The number of fused-ring (bicyclic) bond motifs is 1. The van der Waals surface area contributed by atoms with E-state index in [1.807, 2.05) is 11.8 Å². The van der Waals surface area contributed by atoms with E-state index in [9.17, 15) is 5.11 Å². The van der Waals surface area contributed by atoms with E-state index in [0.717, 1.165) is 17.8 Å². The molecule has 0 atom stereocenters. The summed E-state index contributed by atoms with van der Waals surface area (Å²) in [5.41, 5.74) is 3.33. The molecule has 5 heteroatoms. The molecule has 2 aromatic rings. The Balaban J connectivity index is 1.76. The smallest absolute Gasteiger partial charge is 0.175 e. The normalized spacial score (nSPS) is 17.4. The van der Waals surface area contributed by atoms with Crippen molar-refractivity contribution in [3.8, 4) is 5.75 Å². The van der Waals surface area contributed by atoms with Gasteiger partial charge in [-0.05, 0) is 72.1 Å². The summed E-state index contributed by atoms with van der Waals surface area (Å²) in [4.78, 5) is 1.35. The van der Waals surface area contributed by atoms with Crippen molar-refractivity contribution in [3.05, 3.63) is 48.0 Å². The minimum atomic E-state index is 0.133. The summed E-state index contributed by atoms with van der Waals surface area (Å²) in [6.07, 6.45) is 1.14. The molecule has 1 aliphatic rings. The second-order valence-corrected chi connectivity index (χ2v) is 9.92. The van der Waals surface area contributed by atoms with Gasteiger partial charge in [-0.2, -0.15) is 0 Å². The molecule has 3 N–H and O–H groups in total. The van der Waals surface area contributed by atoms with Crippen LogP contribution in [0.15, 0.2) is 47.4 Å². The highest BCUT2D eigenvalue weighted by Gasteiger charge is 2.38. The summed E-state index contributed by atoms with van der Waals surface area (Å²) < 4.78 is 0.251. The van der Waals surface area contributed by atoms with Gasteiger partial charge in [-0.1, -0.05) is 27.7 Å². The van der Waals surface area contributed by atoms with Crippen LogP contribution in [0.25, 0.3) is 0 Å². The van der Waals surface area contributed by atoms with Gasteiger partial charge in [0.15, 0.2) is 5.11 Å². The van der Waals surface area contributed by atoms with Gasteiger partial charge in [-0.3, -0.25) is 0 Å². The van der Waals surface area contributed by atoms with Crippen LogP contribution in [0.5, 0.6) is 5.75 Å². The maximum Gasteiger partial charge on any atom is 0.175 e. The number of nitrogens with one attached hydrogen (secondary N) is 2. The molecule has 0 unspecified atom stereocenters. The number of benzene rings is 2. The Morgan fingerprint density at radius 2 is 1.60 bits per heavy atom. The van der Waals surface area contributed by atoms with Gasteiger partial charge in [0.05, 0.1) is 0 Å². The van der Waals surface area contributed by atoms with Crippen LogP contribution in [-0.2, 0) is 5.41 Å². The average molecular weight is 373 g/mol. The molecule has 1 heterocycles. The molecule has 0 saturated heterocycles. The van der Waals surface area contributed by atoms with E-state index in [1.165, 1.54) is 10.5 Å².